The third-order valence-corrected chi connectivity index (χ3v) is 3.03. The van der Waals surface area contributed by atoms with Gasteiger partial charge in [-0.25, -0.2) is 8.78 Å². The van der Waals surface area contributed by atoms with Gasteiger partial charge in [-0.1, -0.05) is 0 Å². The number of carbonyl (C=O) groups is 1. The van der Waals surface area contributed by atoms with Gasteiger partial charge in [0.15, 0.2) is 5.78 Å². The van der Waals surface area contributed by atoms with Crippen LogP contribution in [0.5, 0.6) is 0 Å². The van der Waals surface area contributed by atoms with Crippen molar-refractivity contribution in [3.63, 3.8) is 0 Å². The van der Waals surface area contributed by atoms with E-state index in [1.165, 1.54) is 6.92 Å². The Morgan fingerprint density at radius 3 is 2.47 bits per heavy atom. The molecule has 0 saturated carbocycles. The Bertz CT molecular complexity index is 414. The fourth-order valence-electron chi connectivity index (χ4n) is 2.09. The summed E-state index contributed by atoms with van der Waals surface area (Å²) in [5.74, 6) is -2.61. The molecule has 2 rings (SSSR count). The summed E-state index contributed by atoms with van der Waals surface area (Å²) in [6, 6.07) is 6.84. The minimum Gasteiger partial charge on any atom is -0.365 e. The van der Waals surface area contributed by atoms with Crippen LogP contribution in [0.15, 0.2) is 24.3 Å². The third kappa shape index (κ3) is 2.81. The highest BCUT2D eigenvalue weighted by Gasteiger charge is 2.35. The second-order valence-electron chi connectivity index (χ2n) is 4.48. The van der Waals surface area contributed by atoms with Gasteiger partial charge in [0.2, 0.25) is 0 Å². The van der Waals surface area contributed by atoms with Crippen molar-refractivity contribution >= 4 is 11.5 Å². The molecule has 2 nitrogen and oxygen atoms in total. The third-order valence-electron chi connectivity index (χ3n) is 3.03. The predicted molar refractivity (Wildman–Crippen MR) is 62.8 cm³/mol. The molecule has 92 valence electrons. The molecule has 0 atom stereocenters. The quantitative estimate of drug-likeness (QED) is 0.739. The summed E-state index contributed by atoms with van der Waals surface area (Å²) in [6.45, 7) is 1.91. The molecule has 1 aliphatic rings. The number of hydrogen-bond donors (Lipinski definition) is 0. The lowest BCUT2D eigenvalue weighted by Gasteiger charge is -2.34. The summed E-state index contributed by atoms with van der Waals surface area (Å²) in [4.78, 5) is 12.8. The molecular weight excluding hydrogens is 224 g/mol. The highest BCUT2D eigenvalue weighted by atomic mass is 19.3. The van der Waals surface area contributed by atoms with Gasteiger partial charge in [0, 0.05) is 24.2 Å². The minimum atomic E-state index is -2.60. The first-order valence-corrected chi connectivity index (χ1v) is 5.72. The molecular formula is C13H15F2NO. The van der Waals surface area contributed by atoms with E-state index in [0.29, 0.717) is 18.5 Å². The predicted octanol–water partition coefficient (Wildman–Crippen LogP) is 3.12. The Morgan fingerprint density at radius 1 is 1.29 bits per heavy atom. The molecule has 1 aromatic rings. The Labute approximate surface area is 99.2 Å². The van der Waals surface area contributed by atoms with E-state index in [9.17, 15) is 13.6 Å². The molecule has 1 aromatic carbocycles. The van der Waals surface area contributed by atoms with Crippen LogP contribution in [0.4, 0.5) is 14.5 Å². The van der Waals surface area contributed by atoms with E-state index in [-0.39, 0.29) is 18.7 Å². The van der Waals surface area contributed by atoms with Crippen LogP contribution in [0.1, 0.15) is 30.1 Å². The second kappa shape index (κ2) is 4.43. The van der Waals surface area contributed by atoms with Gasteiger partial charge in [-0.15, -0.1) is 0 Å². The maximum absolute atomic E-state index is 13.3. The molecule has 0 radical (unpaired) electrons. The first-order chi connectivity index (χ1) is 7.98. The van der Waals surface area contributed by atoms with Crippen molar-refractivity contribution in [3.05, 3.63) is 29.8 Å². The van der Waals surface area contributed by atoms with Crippen molar-refractivity contribution < 1.29 is 13.6 Å². The molecule has 0 bridgehead atoms. The fourth-order valence-corrected chi connectivity index (χ4v) is 2.09. The minimum absolute atomic E-state index is 0.0134. The fraction of sp³-hybridized carbons (Fsp3) is 0.462. The van der Waals surface area contributed by atoms with Crippen LogP contribution in [0.25, 0.3) is 0 Å². The molecule has 1 saturated heterocycles. The van der Waals surface area contributed by atoms with Crippen LogP contribution in [0, 0.1) is 0 Å². The van der Waals surface area contributed by atoms with E-state index >= 15 is 0 Å². The molecule has 4 heteroatoms. The van der Waals surface area contributed by atoms with E-state index in [2.05, 4.69) is 0 Å². The average Bonchev–Trinajstić information content (AvgIpc) is 2.28. The zero-order chi connectivity index (χ0) is 12.5. The topological polar surface area (TPSA) is 20.3 Å². The largest absolute Gasteiger partial charge is 0.365 e. The van der Waals surface area contributed by atoms with E-state index in [1.807, 2.05) is 0 Å². The van der Waals surface area contributed by atoms with E-state index < -0.39 is 5.92 Å². The lowest BCUT2D eigenvalue weighted by atomic mass is 10.1. The SMILES string of the molecule is CC(=O)c1ccc(N2CCCC(F)(F)C2)cc1. The Hall–Kier alpha value is -1.45. The summed E-state index contributed by atoms with van der Waals surface area (Å²) < 4.78 is 26.5. The van der Waals surface area contributed by atoms with E-state index in [4.69, 9.17) is 0 Å². The van der Waals surface area contributed by atoms with Crippen molar-refractivity contribution in [1.29, 1.82) is 0 Å². The molecule has 0 spiro atoms. The van der Waals surface area contributed by atoms with Gasteiger partial charge in [0.1, 0.15) is 0 Å². The average molecular weight is 239 g/mol. The number of Topliss-reactive ketones (excluding diaryl/α,β-unsaturated/α-hetero) is 1. The number of nitrogens with zero attached hydrogens (tertiary/aromatic N) is 1. The standard InChI is InChI=1S/C13H15F2NO/c1-10(17)11-3-5-12(6-4-11)16-8-2-7-13(14,15)9-16/h3-6H,2,7-9H2,1H3. The molecule has 0 N–H and O–H groups in total. The van der Waals surface area contributed by atoms with Crippen LogP contribution < -0.4 is 4.90 Å². The van der Waals surface area contributed by atoms with Crippen LogP contribution in [-0.2, 0) is 0 Å². The Balaban J connectivity index is 2.14. The van der Waals surface area contributed by atoms with Gasteiger partial charge in [0.25, 0.3) is 5.92 Å². The number of alkyl halides is 2. The number of ketones is 1. The highest BCUT2D eigenvalue weighted by molar-refractivity contribution is 5.94. The molecule has 0 aliphatic carbocycles. The van der Waals surface area contributed by atoms with Gasteiger partial charge in [-0.2, -0.15) is 0 Å². The van der Waals surface area contributed by atoms with Crippen molar-refractivity contribution in [1.82, 2.24) is 0 Å². The van der Waals surface area contributed by atoms with Crippen LogP contribution >= 0.6 is 0 Å². The normalized spacial score (nSPS) is 19.1. The maximum Gasteiger partial charge on any atom is 0.265 e. The molecule has 0 aromatic heterocycles. The molecule has 1 heterocycles. The molecule has 1 aliphatic heterocycles. The highest BCUT2D eigenvalue weighted by Crippen LogP contribution is 2.29. The summed E-state index contributed by atoms with van der Waals surface area (Å²) in [5, 5.41) is 0. The van der Waals surface area contributed by atoms with Crippen molar-refractivity contribution in [2.24, 2.45) is 0 Å². The second-order valence-corrected chi connectivity index (χ2v) is 4.48. The molecule has 0 amide bonds. The number of anilines is 1. The smallest absolute Gasteiger partial charge is 0.265 e. The van der Waals surface area contributed by atoms with E-state index in [1.54, 1.807) is 29.2 Å². The summed E-state index contributed by atoms with van der Waals surface area (Å²) >= 11 is 0. The summed E-state index contributed by atoms with van der Waals surface area (Å²) in [6.07, 6.45) is 0.469. The first-order valence-electron chi connectivity index (χ1n) is 5.72. The Kier molecular flexibility index (Phi) is 3.13. The van der Waals surface area contributed by atoms with Gasteiger partial charge >= 0.3 is 0 Å². The molecule has 0 unspecified atom stereocenters. The number of hydrogen-bond acceptors (Lipinski definition) is 2. The summed E-state index contributed by atoms with van der Waals surface area (Å²) in [5.41, 5.74) is 1.37. The van der Waals surface area contributed by atoms with Gasteiger partial charge in [-0.3, -0.25) is 4.79 Å². The lowest BCUT2D eigenvalue weighted by molar-refractivity contribution is -0.0116. The van der Waals surface area contributed by atoms with Crippen molar-refractivity contribution in [3.8, 4) is 0 Å². The number of benzene rings is 1. The number of piperidine rings is 1. The Morgan fingerprint density at radius 2 is 1.94 bits per heavy atom. The molecule has 17 heavy (non-hydrogen) atoms. The van der Waals surface area contributed by atoms with Crippen molar-refractivity contribution in [2.75, 3.05) is 18.0 Å². The zero-order valence-electron chi connectivity index (χ0n) is 9.75. The number of carbonyl (C=O) groups excluding carboxylic acids is 1. The van der Waals surface area contributed by atoms with Crippen LogP contribution in [0.3, 0.4) is 0 Å². The van der Waals surface area contributed by atoms with Gasteiger partial charge in [0.05, 0.1) is 6.54 Å². The summed E-state index contributed by atoms with van der Waals surface area (Å²) in [7, 11) is 0. The number of rotatable bonds is 2. The monoisotopic (exact) mass is 239 g/mol. The first kappa shape index (κ1) is 12.0. The molecule has 1 fully saturated rings. The lowest BCUT2D eigenvalue weighted by Crippen LogP contribution is -2.42. The van der Waals surface area contributed by atoms with Crippen LogP contribution in [-0.4, -0.2) is 24.8 Å². The van der Waals surface area contributed by atoms with Gasteiger partial charge in [-0.05, 0) is 37.6 Å². The van der Waals surface area contributed by atoms with E-state index in [0.717, 1.165) is 5.69 Å². The number of halogens is 2. The van der Waals surface area contributed by atoms with Crippen LogP contribution in [0.2, 0.25) is 0 Å². The maximum atomic E-state index is 13.3. The van der Waals surface area contributed by atoms with Crippen molar-refractivity contribution in [2.45, 2.75) is 25.7 Å². The zero-order valence-corrected chi connectivity index (χ0v) is 9.75. The van der Waals surface area contributed by atoms with Gasteiger partial charge < -0.3 is 4.90 Å².